The molecule has 0 spiro atoms. The zero-order chi connectivity index (χ0) is 10.1. The lowest BCUT2D eigenvalue weighted by Crippen LogP contribution is -2.20. The third-order valence-electron chi connectivity index (χ3n) is 2.87. The number of hydrogen-bond acceptors (Lipinski definition) is 2. The molecule has 0 heterocycles. The summed E-state index contributed by atoms with van der Waals surface area (Å²) in [6.07, 6.45) is 2.55. The van der Waals surface area contributed by atoms with Gasteiger partial charge >= 0.3 is 0 Å². The summed E-state index contributed by atoms with van der Waals surface area (Å²) in [7, 11) is 0. The number of aliphatic hydroxyl groups excluding tert-OH is 1. The van der Waals surface area contributed by atoms with Gasteiger partial charge in [0.2, 0.25) is 0 Å². The molecule has 0 fully saturated rings. The Labute approximate surface area is 82.5 Å². The lowest BCUT2D eigenvalue weighted by molar-refractivity contribution is 0.278. The van der Waals surface area contributed by atoms with Gasteiger partial charge in [0, 0.05) is 6.04 Å². The van der Waals surface area contributed by atoms with Crippen molar-refractivity contribution in [2.24, 2.45) is 5.73 Å². The van der Waals surface area contributed by atoms with Crippen molar-refractivity contribution in [1.82, 2.24) is 0 Å². The van der Waals surface area contributed by atoms with Gasteiger partial charge in [-0.3, -0.25) is 0 Å². The highest BCUT2D eigenvalue weighted by Crippen LogP contribution is 2.32. The fourth-order valence-corrected chi connectivity index (χ4v) is 2.18. The van der Waals surface area contributed by atoms with E-state index in [-0.39, 0.29) is 18.5 Å². The minimum atomic E-state index is -0.188. The zero-order valence-electron chi connectivity index (χ0n) is 7.96. The highest BCUT2D eigenvalue weighted by atomic mass is 19.1. The van der Waals surface area contributed by atoms with E-state index in [9.17, 15) is 4.39 Å². The van der Waals surface area contributed by atoms with Crippen LogP contribution >= 0.6 is 0 Å². The Kier molecular flexibility index (Phi) is 2.52. The molecule has 2 nitrogen and oxygen atoms in total. The van der Waals surface area contributed by atoms with Gasteiger partial charge in [0.05, 0.1) is 6.61 Å². The Morgan fingerprint density at radius 3 is 3.00 bits per heavy atom. The molecule has 0 aromatic heterocycles. The maximum absolute atomic E-state index is 13.4. The maximum Gasteiger partial charge on any atom is 0.126 e. The van der Waals surface area contributed by atoms with Crippen molar-refractivity contribution in [3.63, 3.8) is 0 Å². The van der Waals surface area contributed by atoms with Crippen LogP contribution in [0.4, 0.5) is 4.39 Å². The second-order valence-electron chi connectivity index (χ2n) is 3.76. The first-order chi connectivity index (χ1) is 6.74. The second-order valence-corrected chi connectivity index (χ2v) is 3.76. The quantitative estimate of drug-likeness (QED) is 0.715. The first-order valence-electron chi connectivity index (χ1n) is 4.90. The smallest absolute Gasteiger partial charge is 0.126 e. The molecule has 0 aliphatic heterocycles. The molecule has 3 N–H and O–H groups in total. The standard InChI is InChI=1S/C11H14FNO/c12-9-5-4-7(6-14)11-8(9)2-1-3-10(11)13/h4-5,10,14H,1-3,6,13H2. The first kappa shape index (κ1) is 9.62. The van der Waals surface area contributed by atoms with Gasteiger partial charge in [-0.25, -0.2) is 4.39 Å². The number of fused-ring (bicyclic) bond motifs is 1. The summed E-state index contributed by atoms with van der Waals surface area (Å²) < 4.78 is 13.4. The third-order valence-corrected chi connectivity index (χ3v) is 2.87. The highest BCUT2D eigenvalue weighted by Gasteiger charge is 2.22. The van der Waals surface area contributed by atoms with E-state index < -0.39 is 0 Å². The molecule has 3 heteroatoms. The molecule has 1 aliphatic carbocycles. The fraction of sp³-hybridized carbons (Fsp3) is 0.455. The van der Waals surface area contributed by atoms with Gasteiger partial charge in [0.15, 0.2) is 0 Å². The predicted molar refractivity (Wildman–Crippen MR) is 52.2 cm³/mol. The van der Waals surface area contributed by atoms with Gasteiger partial charge in [-0.2, -0.15) is 0 Å². The van der Waals surface area contributed by atoms with Crippen LogP contribution in [0.3, 0.4) is 0 Å². The summed E-state index contributed by atoms with van der Waals surface area (Å²) in [4.78, 5) is 0. The summed E-state index contributed by atoms with van der Waals surface area (Å²) in [5.41, 5.74) is 8.22. The Bertz CT molecular complexity index is 351. The van der Waals surface area contributed by atoms with E-state index in [1.54, 1.807) is 6.07 Å². The summed E-state index contributed by atoms with van der Waals surface area (Å²) >= 11 is 0. The molecule has 0 radical (unpaired) electrons. The molecule has 1 unspecified atom stereocenters. The molecule has 1 aliphatic rings. The van der Waals surface area contributed by atoms with E-state index in [1.807, 2.05) is 0 Å². The highest BCUT2D eigenvalue weighted by molar-refractivity contribution is 5.40. The van der Waals surface area contributed by atoms with Crippen LogP contribution in [0.15, 0.2) is 12.1 Å². The monoisotopic (exact) mass is 195 g/mol. The molecule has 0 saturated carbocycles. The lowest BCUT2D eigenvalue weighted by atomic mass is 9.85. The number of hydrogen-bond donors (Lipinski definition) is 2. The molecular formula is C11H14FNO. The molecule has 0 saturated heterocycles. The van der Waals surface area contributed by atoms with Crippen LogP contribution in [0.5, 0.6) is 0 Å². The van der Waals surface area contributed by atoms with E-state index in [0.29, 0.717) is 5.56 Å². The molecule has 1 aromatic carbocycles. The van der Waals surface area contributed by atoms with Gasteiger partial charge in [0.1, 0.15) is 5.82 Å². The lowest BCUT2D eigenvalue weighted by Gasteiger charge is -2.25. The van der Waals surface area contributed by atoms with Gasteiger partial charge in [-0.1, -0.05) is 6.07 Å². The SMILES string of the molecule is NC1CCCc2c(F)ccc(CO)c21. The molecule has 2 rings (SSSR count). The van der Waals surface area contributed by atoms with E-state index >= 15 is 0 Å². The molecule has 14 heavy (non-hydrogen) atoms. The Balaban J connectivity index is 2.58. The van der Waals surface area contributed by atoms with Gasteiger partial charge < -0.3 is 10.8 Å². The van der Waals surface area contributed by atoms with Crippen LogP contribution in [0.2, 0.25) is 0 Å². The van der Waals surface area contributed by atoms with E-state index in [4.69, 9.17) is 10.8 Å². The molecule has 0 amide bonds. The normalized spacial score (nSPS) is 20.6. The first-order valence-corrected chi connectivity index (χ1v) is 4.90. The Morgan fingerprint density at radius 1 is 1.50 bits per heavy atom. The minimum Gasteiger partial charge on any atom is -0.392 e. The Hall–Kier alpha value is -0.930. The van der Waals surface area contributed by atoms with Crippen molar-refractivity contribution in [3.8, 4) is 0 Å². The molecule has 1 atom stereocenters. The van der Waals surface area contributed by atoms with E-state index in [2.05, 4.69) is 0 Å². The number of benzene rings is 1. The van der Waals surface area contributed by atoms with Crippen LogP contribution in [0.25, 0.3) is 0 Å². The van der Waals surface area contributed by atoms with Crippen LogP contribution < -0.4 is 5.73 Å². The van der Waals surface area contributed by atoms with Crippen molar-refractivity contribution < 1.29 is 9.50 Å². The van der Waals surface area contributed by atoms with E-state index in [1.165, 1.54) is 6.07 Å². The number of aliphatic hydroxyl groups is 1. The summed E-state index contributed by atoms with van der Waals surface area (Å²) in [6, 6.07) is 2.93. The second kappa shape index (κ2) is 3.67. The van der Waals surface area contributed by atoms with Crippen molar-refractivity contribution in [2.45, 2.75) is 31.9 Å². The summed E-state index contributed by atoms with van der Waals surface area (Å²) in [5.74, 6) is -0.188. The average Bonchev–Trinajstić information content (AvgIpc) is 2.20. The van der Waals surface area contributed by atoms with Gasteiger partial charge in [-0.05, 0) is 42.0 Å². The maximum atomic E-state index is 13.4. The number of halogens is 1. The van der Waals surface area contributed by atoms with Crippen LogP contribution in [0, 0.1) is 5.82 Å². The molecular weight excluding hydrogens is 181 g/mol. The molecule has 1 aromatic rings. The molecule has 76 valence electrons. The van der Waals surface area contributed by atoms with Crippen LogP contribution in [-0.4, -0.2) is 5.11 Å². The van der Waals surface area contributed by atoms with Crippen molar-refractivity contribution in [3.05, 3.63) is 34.6 Å². The van der Waals surface area contributed by atoms with Crippen LogP contribution in [-0.2, 0) is 13.0 Å². The van der Waals surface area contributed by atoms with Gasteiger partial charge in [0.25, 0.3) is 0 Å². The zero-order valence-corrected chi connectivity index (χ0v) is 7.96. The number of rotatable bonds is 1. The van der Waals surface area contributed by atoms with Crippen molar-refractivity contribution in [2.75, 3.05) is 0 Å². The van der Waals surface area contributed by atoms with Crippen molar-refractivity contribution >= 4 is 0 Å². The number of nitrogens with two attached hydrogens (primary N) is 1. The summed E-state index contributed by atoms with van der Waals surface area (Å²) in [6.45, 7) is -0.0592. The van der Waals surface area contributed by atoms with Crippen molar-refractivity contribution in [1.29, 1.82) is 0 Å². The molecule has 0 bridgehead atoms. The average molecular weight is 195 g/mol. The minimum absolute atomic E-state index is 0.0592. The summed E-state index contributed by atoms with van der Waals surface area (Å²) in [5, 5.41) is 9.12. The fourth-order valence-electron chi connectivity index (χ4n) is 2.18. The Morgan fingerprint density at radius 2 is 2.29 bits per heavy atom. The van der Waals surface area contributed by atoms with Crippen LogP contribution in [0.1, 0.15) is 35.6 Å². The largest absolute Gasteiger partial charge is 0.392 e. The third kappa shape index (κ3) is 1.42. The van der Waals surface area contributed by atoms with E-state index in [0.717, 1.165) is 30.4 Å². The topological polar surface area (TPSA) is 46.2 Å². The predicted octanol–water partition coefficient (Wildman–Crippen LogP) is 1.65. The van der Waals surface area contributed by atoms with Gasteiger partial charge in [-0.15, -0.1) is 0 Å².